The fourth-order valence-corrected chi connectivity index (χ4v) is 0.909. The second-order valence-corrected chi connectivity index (χ2v) is 3.75. The Kier molecular flexibility index (Phi) is 3.67. The summed E-state index contributed by atoms with van der Waals surface area (Å²) in [5.74, 6) is -1.38. The number of halogens is 3. The number of aliphatic carboxylic acids is 1. The van der Waals surface area contributed by atoms with Crippen molar-refractivity contribution in [2.75, 3.05) is 6.54 Å². The van der Waals surface area contributed by atoms with Crippen molar-refractivity contribution >= 4 is 16.0 Å². The number of carboxylic acids is 1. The number of hydrogen-bond acceptors (Lipinski definition) is 3. The lowest BCUT2D eigenvalue weighted by atomic mass is 10.5. The second-order valence-electron chi connectivity index (χ2n) is 1.99. The zero-order valence-electron chi connectivity index (χ0n) is 6.13. The maximum absolute atomic E-state index is 11.6. The molecular weight excluding hydrogens is 215 g/mol. The van der Waals surface area contributed by atoms with Crippen LogP contribution < -0.4 is 4.72 Å². The van der Waals surface area contributed by atoms with E-state index >= 15 is 0 Å². The number of carbonyl (C=O) groups is 1. The van der Waals surface area contributed by atoms with Crippen molar-refractivity contribution in [1.29, 1.82) is 0 Å². The molecule has 9 heteroatoms. The van der Waals surface area contributed by atoms with E-state index in [9.17, 15) is 26.4 Å². The topological polar surface area (TPSA) is 83.5 Å². The van der Waals surface area contributed by atoms with Crippen molar-refractivity contribution in [3.63, 3.8) is 0 Å². The van der Waals surface area contributed by atoms with Crippen LogP contribution in [0.15, 0.2) is 0 Å². The van der Waals surface area contributed by atoms with Crippen molar-refractivity contribution in [1.82, 2.24) is 4.72 Å². The molecular formula is C4H6F3NO4S. The van der Waals surface area contributed by atoms with Gasteiger partial charge in [0.05, 0.1) is 6.42 Å². The third-order valence-corrected chi connectivity index (χ3v) is 2.13. The second kappa shape index (κ2) is 3.92. The van der Waals surface area contributed by atoms with Crippen molar-refractivity contribution in [3.05, 3.63) is 0 Å². The van der Waals surface area contributed by atoms with Gasteiger partial charge in [0.15, 0.2) is 0 Å². The maximum atomic E-state index is 11.6. The summed E-state index contributed by atoms with van der Waals surface area (Å²) in [6, 6.07) is 0. The Bertz CT molecular complexity index is 282. The number of rotatable bonds is 4. The summed E-state index contributed by atoms with van der Waals surface area (Å²) in [4.78, 5) is 9.82. The first-order valence-corrected chi connectivity index (χ1v) is 4.43. The third-order valence-electron chi connectivity index (χ3n) is 0.936. The van der Waals surface area contributed by atoms with Gasteiger partial charge in [-0.15, -0.1) is 0 Å². The van der Waals surface area contributed by atoms with Crippen LogP contribution >= 0.6 is 0 Å². The average Bonchev–Trinajstić information content (AvgIpc) is 1.82. The first-order chi connectivity index (χ1) is 5.67. The van der Waals surface area contributed by atoms with Crippen molar-refractivity contribution in [3.8, 4) is 0 Å². The number of hydrogen-bond donors (Lipinski definition) is 2. The highest BCUT2D eigenvalue weighted by molar-refractivity contribution is 7.90. The molecule has 0 aromatic carbocycles. The molecule has 0 bridgehead atoms. The predicted octanol–water partition coefficient (Wildman–Crippen LogP) is -0.0997. The third kappa shape index (κ3) is 4.08. The van der Waals surface area contributed by atoms with Gasteiger partial charge in [-0.1, -0.05) is 0 Å². The van der Waals surface area contributed by atoms with E-state index in [0.717, 1.165) is 4.72 Å². The van der Waals surface area contributed by atoms with Crippen LogP contribution in [0.25, 0.3) is 0 Å². The first kappa shape index (κ1) is 12.2. The molecule has 0 fully saturated rings. The highest BCUT2D eigenvalue weighted by atomic mass is 32.2. The smallest absolute Gasteiger partial charge is 0.481 e. The van der Waals surface area contributed by atoms with Gasteiger partial charge in [-0.05, 0) is 0 Å². The molecule has 0 amide bonds. The number of alkyl halides is 3. The molecule has 0 rings (SSSR count). The van der Waals surface area contributed by atoms with Crippen LogP contribution in [-0.4, -0.2) is 31.5 Å². The Morgan fingerprint density at radius 3 is 2.15 bits per heavy atom. The molecule has 0 unspecified atom stereocenters. The van der Waals surface area contributed by atoms with Crippen LogP contribution in [0, 0.1) is 0 Å². The monoisotopic (exact) mass is 221 g/mol. The summed E-state index contributed by atoms with van der Waals surface area (Å²) in [6.07, 6.45) is -0.699. The van der Waals surface area contributed by atoms with E-state index in [1.165, 1.54) is 0 Å². The van der Waals surface area contributed by atoms with E-state index in [2.05, 4.69) is 0 Å². The Morgan fingerprint density at radius 1 is 1.38 bits per heavy atom. The largest absolute Gasteiger partial charge is 0.511 e. The lowest BCUT2D eigenvalue weighted by molar-refractivity contribution is -0.136. The molecule has 0 aromatic heterocycles. The summed E-state index contributed by atoms with van der Waals surface area (Å²) >= 11 is 0. The molecule has 0 aromatic rings. The SMILES string of the molecule is O=C(O)CCNS(=O)(=O)C(F)(F)F. The van der Waals surface area contributed by atoms with Crippen LogP contribution in [0.4, 0.5) is 13.2 Å². The Labute approximate surface area is 71.6 Å². The quantitative estimate of drug-likeness (QED) is 0.694. The molecule has 78 valence electrons. The molecule has 0 radical (unpaired) electrons. The van der Waals surface area contributed by atoms with Crippen molar-refractivity contribution < 1.29 is 31.5 Å². The standard InChI is InChI=1S/C4H6F3NO4S/c5-4(6,7)13(11,12)8-2-1-3(9)10/h8H,1-2H2,(H,9,10). The lowest BCUT2D eigenvalue weighted by Gasteiger charge is -2.07. The molecule has 0 saturated heterocycles. The van der Waals surface area contributed by atoms with Crippen LogP contribution in [0.2, 0.25) is 0 Å². The van der Waals surface area contributed by atoms with Gasteiger partial charge in [0.25, 0.3) is 0 Å². The van der Waals surface area contributed by atoms with Crippen molar-refractivity contribution in [2.45, 2.75) is 11.9 Å². The Hall–Kier alpha value is -0.830. The van der Waals surface area contributed by atoms with Gasteiger partial charge in [-0.2, -0.15) is 13.2 Å². The molecule has 0 atom stereocenters. The van der Waals surface area contributed by atoms with Crippen LogP contribution in [0.1, 0.15) is 6.42 Å². The average molecular weight is 221 g/mol. The zero-order chi connectivity index (χ0) is 10.7. The maximum Gasteiger partial charge on any atom is 0.511 e. The summed E-state index contributed by atoms with van der Waals surface area (Å²) in [7, 11) is -5.41. The van der Waals surface area contributed by atoms with Crippen LogP contribution in [0.3, 0.4) is 0 Å². The zero-order valence-corrected chi connectivity index (χ0v) is 6.94. The molecule has 13 heavy (non-hydrogen) atoms. The normalized spacial score (nSPS) is 12.8. The number of nitrogens with one attached hydrogen (secondary N) is 1. The summed E-state index contributed by atoms with van der Waals surface area (Å²) in [6.45, 7) is -0.781. The van der Waals surface area contributed by atoms with Crippen LogP contribution in [-0.2, 0) is 14.8 Å². The number of carboxylic acid groups (broad SMARTS) is 1. The molecule has 0 aliphatic heterocycles. The molecule has 5 nitrogen and oxygen atoms in total. The molecule has 0 saturated carbocycles. The summed E-state index contributed by atoms with van der Waals surface area (Å²) in [5.41, 5.74) is -5.40. The minimum atomic E-state index is -5.41. The van der Waals surface area contributed by atoms with Crippen LogP contribution in [0.5, 0.6) is 0 Å². The van der Waals surface area contributed by atoms with E-state index < -0.39 is 34.5 Å². The van der Waals surface area contributed by atoms with E-state index in [-0.39, 0.29) is 0 Å². The van der Waals surface area contributed by atoms with Gasteiger partial charge in [0, 0.05) is 6.54 Å². The summed E-state index contributed by atoms with van der Waals surface area (Å²) in [5, 5.41) is 8.00. The predicted molar refractivity (Wildman–Crippen MR) is 35.2 cm³/mol. The molecule has 0 aliphatic carbocycles. The van der Waals surface area contributed by atoms with E-state index in [0.29, 0.717) is 0 Å². The van der Waals surface area contributed by atoms with Gasteiger partial charge in [0.2, 0.25) is 0 Å². The van der Waals surface area contributed by atoms with Gasteiger partial charge in [-0.25, -0.2) is 13.1 Å². The van der Waals surface area contributed by atoms with Gasteiger partial charge < -0.3 is 5.11 Å². The highest BCUT2D eigenvalue weighted by Gasteiger charge is 2.45. The van der Waals surface area contributed by atoms with E-state index in [1.807, 2.05) is 0 Å². The van der Waals surface area contributed by atoms with Gasteiger partial charge >= 0.3 is 21.5 Å². The highest BCUT2D eigenvalue weighted by Crippen LogP contribution is 2.21. The van der Waals surface area contributed by atoms with Gasteiger partial charge in [0.1, 0.15) is 0 Å². The Balaban J connectivity index is 4.15. The van der Waals surface area contributed by atoms with Crippen molar-refractivity contribution in [2.24, 2.45) is 0 Å². The fraction of sp³-hybridized carbons (Fsp3) is 0.750. The molecule has 0 aliphatic rings. The summed E-state index contributed by atoms with van der Waals surface area (Å²) < 4.78 is 56.2. The lowest BCUT2D eigenvalue weighted by Crippen LogP contribution is -2.37. The van der Waals surface area contributed by atoms with Gasteiger partial charge in [-0.3, -0.25) is 4.79 Å². The molecule has 0 spiro atoms. The fourth-order valence-electron chi connectivity index (χ4n) is 0.374. The molecule has 2 N–H and O–H groups in total. The first-order valence-electron chi connectivity index (χ1n) is 2.94. The number of sulfonamides is 1. The minimum Gasteiger partial charge on any atom is -0.481 e. The molecule has 0 heterocycles. The minimum absolute atomic E-state index is 0.699. The Morgan fingerprint density at radius 2 is 1.85 bits per heavy atom. The van der Waals surface area contributed by atoms with E-state index in [1.54, 1.807) is 0 Å². The van der Waals surface area contributed by atoms with E-state index in [4.69, 9.17) is 5.11 Å².